The van der Waals surface area contributed by atoms with Crippen molar-refractivity contribution < 1.29 is 4.74 Å². The van der Waals surface area contributed by atoms with Crippen molar-refractivity contribution >= 4 is 0 Å². The molecule has 0 amide bonds. The number of nitrogens with one attached hydrogen (secondary N) is 1. The van der Waals surface area contributed by atoms with E-state index in [-0.39, 0.29) is 0 Å². The number of benzene rings is 1. The third-order valence-corrected chi connectivity index (χ3v) is 3.61. The first-order valence-electron chi connectivity index (χ1n) is 7.01. The maximum Gasteiger partial charge on any atom is 0.118 e. The summed E-state index contributed by atoms with van der Waals surface area (Å²) in [6, 6.07) is 10.7. The highest BCUT2D eigenvalue weighted by Crippen LogP contribution is 2.20. The van der Waals surface area contributed by atoms with E-state index in [0.29, 0.717) is 6.04 Å². The predicted molar refractivity (Wildman–Crippen MR) is 81.8 cm³/mol. The molecule has 3 nitrogen and oxygen atoms in total. The third kappa shape index (κ3) is 3.58. The van der Waals surface area contributed by atoms with Crippen LogP contribution in [0.25, 0.3) is 0 Å². The molecule has 0 saturated carbocycles. The summed E-state index contributed by atoms with van der Waals surface area (Å²) >= 11 is 0. The molecule has 2 rings (SSSR count). The Morgan fingerprint density at radius 2 is 1.95 bits per heavy atom. The molecule has 0 aliphatic rings. The number of hydrogen-bond acceptors (Lipinski definition) is 3. The predicted octanol–water partition coefficient (Wildman–Crippen LogP) is 3.64. The standard InChI is InChI=1S/C17H22N2O/c1-4-17(14-5-7-16(20-3)8-6-14)19-12-15-11-18-10-9-13(15)2/h5-11,17,19H,4,12H2,1-3H3. The summed E-state index contributed by atoms with van der Waals surface area (Å²) in [6.45, 7) is 5.15. The van der Waals surface area contributed by atoms with Crippen molar-refractivity contribution in [2.24, 2.45) is 0 Å². The zero-order chi connectivity index (χ0) is 14.4. The molecule has 1 N–H and O–H groups in total. The lowest BCUT2D eigenvalue weighted by Crippen LogP contribution is -2.20. The maximum absolute atomic E-state index is 5.20. The average Bonchev–Trinajstić information content (AvgIpc) is 2.50. The summed E-state index contributed by atoms with van der Waals surface area (Å²) in [7, 11) is 1.69. The van der Waals surface area contributed by atoms with Crippen LogP contribution >= 0.6 is 0 Å². The van der Waals surface area contributed by atoms with Crippen molar-refractivity contribution in [3.05, 3.63) is 59.4 Å². The number of ether oxygens (including phenoxy) is 1. The number of nitrogens with zero attached hydrogens (tertiary/aromatic N) is 1. The SMILES string of the molecule is CCC(NCc1cnccc1C)c1ccc(OC)cc1. The van der Waals surface area contributed by atoms with Crippen LogP contribution in [0.5, 0.6) is 5.75 Å². The second-order valence-electron chi connectivity index (χ2n) is 4.92. The zero-order valence-corrected chi connectivity index (χ0v) is 12.4. The van der Waals surface area contributed by atoms with Gasteiger partial charge in [0.25, 0.3) is 0 Å². The van der Waals surface area contributed by atoms with E-state index < -0.39 is 0 Å². The Kier molecular flexibility index (Phi) is 5.13. The largest absolute Gasteiger partial charge is 0.497 e. The lowest BCUT2D eigenvalue weighted by molar-refractivity contribution is 0.414. The molecule has 1 unspecified atom stereocenters. The minimum Gasteiger partial charge on any atom is -0.497 e. The fourth-order valence-electron chi connectivity index (χ4n) is 2.25. The highest BCUT2D eigenvalue weighted by Gasteiger charge is 2.09. The first kappa shape index (κ1) is 14.5. The number of rotatable bonds is 6. The molecule has 0 aliphatic heterocycles. The van der Waals surface area contributed by atoms with Gasteiger partial charge in [-0.05, 0) is 48.2 Å². The monoisotopic (exact) mass is 270 g/mol. The van der Waals surface area contributed by atoms with Gasteiger partial charge in [-0.3, -0.25) is 4.98 Å². The molecule has 1 atom stereocenters. The summed E-state index contributed by atoms with van der Waals surface area (Å²) in [5.74, 6) is 0.895. The Bertz CT molecular complexity index is 537. The first-order chi connectivity index (χ1) is 9.74. The Hall–Kier alpha value is -1.87. The fraction of sp³-hybridized carbons (Fsp3) is 0.353. The molecule has 106 valence electrons. The van der Waals surface area contributed by atoms with Crippen LogP contribution in [0.2, 0.25) is 0 Å². The number of aryl methyl sites for hydroxylation is 1. The van der Waals surface area contributed by atoms with Gasteiger partial charge in [-0.1, -0.05) is 19.1 Å². The maximum atomic E-state index is 5.20. The van der Waals surface area contributed by atoms with Gasteiger partial charge in [0, 0.05) is 25.0 Å². The van der Waals surface area contributed by atoms with Crippen LogP contribution in [0.4, 0.5) is 0 Å². The molecule has 0 aliphatic carbocycles. The van der Waals surface area contributed by atoms with Crippen LogP contribution in [0.3, 0.4) is 0 Å². The molecule has 0 spiro atoms. The zero-order valence-electron chi connectivity index (χ0n) is 12.4. The highest BCUT2D eigenvalue weighted by atomic mass is 16.5. The molecular weight excluding hydrogens is 248 g/mol. The van der Waals surface area contributed by atoms with E-state index in [1.54, 1.807) is 7.11 Å². The van der Waals surface area contributed by atoms with Crippen molar-refractivity contribution in [2.45, 2.75) is 32.9 Å². The van der Waals surface area contributed by atoms with E-state index in [9.17, 15) is 0 Å². The van der Waals surface area contributed by atoms with Crippen LogP contribution in [0.1, 0.15) is 36.1 Å². The summed E-state index contributed by atoms with van der Waals surface area (Å²) in [5, 5.41) is 3.60. The van der Waals surface area contributed by atoms with E-state index >= 15 is 0 Å². The van der Waals surface area contributed by atoms with Gasteiger partial charge in [-0.2, -0.15) is 0 Å². The summed E-state index contributed by atoms with van der Waals surface area (Å²) in [4.78, 5) is 4.19. The molecule has 20 heavy (non-hydrogen) atoms. The third-order valence-electron chi connectivity index (χ3n) is 3.61. The second-order valence-corrected chi connectivity index (χ2v) is 4.92. The summed E-state index contributed by atoms with van der Waals surface area (Å²) in [6.07, 6.45) is 4.81. The molecule has 1 aromatic carbocycles. The van der Waals surface area contributed by atoms with Crippen LogP contribution in [0.15, 0.2) is 42.7 Å². The van der Waals surface area contributed by atoms with Gasteiger partial charge in [-0.15, -0.1) is 0 Å². The minimum atomic E-state index is 0.348. The first-order valence-corrected chi connectivity index (χ1v) is 7.01. The molecule has 1 aromatic heterocycles. The van der Waals surface area contributed by atoms with Gasteiger partial charge in [0.2, 0.25) is 0 Å². The fourth-order valence-corrected chi connectivity index (χ4v) is 2.25. The van der Waals surface area contributed by atoms with E-state index in [1.807, 2.05) is 30.6 Å². The van der Waals surface area contributed by atoms with Gasteiger partial charge in [0.15, 0.2) is 0 Å². The van der Waals surface area contributed by atoms with Crippen molar-refractivity contribution in [3.63, 3.8) is 0 Å². The lowest BCUT2D eigenvalue weighted by atomic mass is 10.0. The molecule has 1 heterocycles. The topological polar surface area (TPSA) is 34.2 Å². The minimum absolute atomic E-state index is 0.348. The van der Waals surface area contributed by atoms with E-state index in [2.05, 4.69) is 36.3 Å². The molecule has 2 aromatic rings. The van der Waals surface area contributed by atoms with Crippen molar-refractivity contribution in [2.75, 3.05) is 7.11 Å². The molecule has 0 saturated heterocycles. The molecule has 0 fully saturated rings. The van der Waals surface area contributed by atoms with Crippen LogP contribution in [0, 0.1) is 6.92 Å². The quantitative estimate of drug-likeness (QED) is 0.870. The molecular formula is C17H22N2O. The van der Waals surface area contributed by atoms with Gasteiger partial charge in [0.1, 0.15) is 5.75 Å². The molecule has 0 bridgehead atoms. The van der Waals surface area contributed by atoms with Gasteiger partial charge >= 0.3 is 0 Å². The van der Waals surface area contributed by atoms with Gasteiger partial charge in [-0.25, -0.2) is 0 Å². The summed E-state index contributed by atoms with van der Waals surface area (Å²) < 4.78 is 5.20. The van der Waals surface area contributed by atoms with Crippen molar-refractivity contribution in [1.29, 1.82) is 0 Å². The number of pyridine rings is 1. The van der Waals surface area contributed by atoms with Crippen LogP contribution in [-0.2, 0) is 6.54 Å². The van der Waals surface area contributed by atoms with E-state index in [1.165, 1.54) is 16.7 Å². The normalized spacial score (nSPS) is 12.2. The Balaban J connectivity index is 2.03. The number of hydrogen-bond donors (Lipinski definition) is 1. The molecule has 3 heteroatoms. The van der Waals surface area contributed by atoms with Gasteiger partial charge in [0.05, 0.1) is 7.11 Å². The van der Waals surface area contributed by atoms with Crippen molar-refractivity contribution in [1.82, 2.24) is 10.3 Å². The van der Waals surface area contributed by atoms with Crippen molar-refractivity contribution in [3.8, 4) is 5.75 Å². The number of methoxy groups -OCH3 is 1. The highest BCUT2D eigenvalue weighted by molar-refractivity contribution is 5.29. The van der Waals surface area contributed by atoms with Crippen LogP contribution in [-0.4, -0.2) is 12.1 Å². The summed E-state index contributed by atoms with van der Waals surface area (Å²) in [5.41, 5.74) is 3.81. The van der Waals surface area contributed by atoms with Gasteiger partial charge < -0.3 is 10.1 Å². The number of aromatic nitrogens is 1. The lowest BCUT2D eigenvalue weighted by Gasteiger charge is -2.18. The van der Waals surface area contributed by atoms with E-state index in [0.717, 1.165) is 18.7 Å². The average molecular weight is 270 g/mol. The second kappa shape index (κ2) is 7.06. The smallest absolute Gasteiger partial charge is 0.118 e. The Labute approximate surface area is 121 Å². The Morgan fingerprint density at radius 1 is 1.20 bits per heavy atom. The Morgan fingerprint density at radius 3 is 2.55 bits per heavy atom. The molecule has 0 radical (unpaired) electrons. The van der Waals surface area contributed by atoms with Crippen LogP contribution < -0.4 is 10.1 Å². The van der Waals surface area contributed by atoms with E-state index in [4.69, 9.17) is 4.74 Å².